The molecule has 2 aromatic rings. The zero-order valence-electron chi connectivity index (χ0n) is 15.0. The maximum atomic E-state index is 12.8. The van der Waals surface area contributed by atoms with Crippen LogP contribution in [0.5, 0.6) is 5.75 Å². The van der Waals surface area contributed by atoms with E-state index in [2.05, 4.69) is 0 Å². The zero-order valence-corrected chi connectivity index (χ0v) is 15.9. The molecule has 0 N–H and O–H groups in total. The van der Waals surface area contributed by atoms with Crippen LogP contribution >= 0.6 is 0 Å². The average Bonchev–Trinajstić information content (AvgIpc) is 2.60. The van der Waals surface area contributed by atoms with Gasteiger partial charge in [-0.15, -0.1) is 0 Å². The van der Waals surface area contributed by atoms with Gasteiger partial charge in [-0.05, 0) is 30.2 Å². The van der Waals surface area contributed by atoms with E-state index in [-0.39, 0.29) is 12.5 Å². The molecule has 0 aliphatic carbocycles. The first-order chi connectivity index (χ1) is 12.3. The van der Waals surface area contributed by atoms with E-state index in [9.17, 15) is 13.2 Å². The predicted molar refractivity (Wildman–Crippen MR) is 101 cm³/mol. The number of rotatable bonds is 4. The minimum absolute atomic E-state index is 0.0345. The molecule has 1 aliphatic rings. The summed E-state index contributed by atoms with van der Waals surface area (Å²) in [6, 6.07) is 14.9. The first-order valence-corrected chi connectivity index (χ1v) is 10.1. The Bertz CT molecular complexity index is 912. The Kier molecular flexibility index (Phi) is 4.91. The number of carbonyl (C=O) groups is 1. The normalized spacial score (nSPS) is 16.6. The van der Waals surface area contributed by atoms with Crippen molar-refractivity contribution in [2.45, 2.75) is 19.6 Å². The molecule has 6 nitrogen and oxygen atoms in total. The molecule has 3 rings (SSSR count). The Labute approximate surface area is 154 Å². The van der Waals surface area contributed by atoms with E-state index in [0.717, 1.165) is 17.4 Å². The monoisotopic (exact) mass is 374 g/mol. The van der Waals surface area contributed by atoms with Crippen molar-refractivity contribution >= 4 is 21.6 Å². The summed E-state index contributed by atoms with van der Waals surface area (Å²) in [6.45, 7) is 2.28. The number of hydrogen-bond acceptors (Lipinski definition) is 4. The maximum absolute atomic E-state index is 12.8. The highest BCUT2D eigenvalue weighted by atomic mass is 32.2. The second kappa shape index (κ2) is 6.99. The first kappa shape index (κ1) is 18.3. The highest BCUT2D eigenvalue weighted by Gasteiger charge is 2.36. The molecule has 0 saturated carbocycles. The van der Waals surface area contributed by atoms with Crippen molar-refractivity contribution in [2.75, 3.05) is 24.2 Å². The lowest BCUT2D eigenvalue weighted by molar-refractivity contribution is -0.137. The summed E-state index contributed by atoms with van der Waals surface area (Å²) in [5.74, 6) is 0.146. The molecule has 0 unspecified atom stereocenters. The molecule has 1 heterocycles. The minimum atomic E-state index is -3.52. The van der Waals surface area contributed by atoms with Crippen molar-refractivity contribution in [1.29, 1.82) is 0 Å². The van der Waals surface area contributed by atoms with Crippen molar-refractivity contribution in [2.24, 2.45) is 0 Å². The lowest BCUT2D eigenvalue weighted by Gasteiger charge is -2.35. The van der Waals surface area contributed by atoms with Gasteiger partial charge in [0.2, 0.25) is 10.0 Å². The number of nitrogens with zero attached hydrogens (tertiary/aromatic N) is 2. The van der Waals surface area contributed by atoms with Gasteiger partial charge in [0.15, 0.2) is 6.10 Å². The molecule has 0 saturated heterocycles. The Hall–Kier alpha value is -2.54. The molecule has 26 heavy (non-hydrogen) atoms. The van der Waals surface area contributed by atoms with E-state index in [1.54, 1.807) is 24.1 Å². The van der Waals surface area contributed by atoms with Crippen LogP contribution in [0.15, 0.2) is 48.5 Å². The summed E-state index contributed by atoms with van der Waals surface area (Å²) in [6.07, 6.45) is 0.258. The molecule has 0 aromatic heterocycles. The number of ether oxygens (including phenoxy) is 1. The Morgan fingerprint density at radius 1 is 1.23 bits per heavy atom. The zero-order chi connectivity index (χ0) is 18.9. The van der Waals surface area contributed by atoms with Gasteiger partial charge in [0.05, 0.1) is 18.5 Å². The summed E-state index contributed by atoms with van der Waals surface area (Å²) in [4.78, 5) is 14.4. The number of fused-ring (bicyclic) bond motifs is 1. The third-order valence-electron chi connectivity index (χ3n) is 4.30. The topological polar surface area (TPSA) is 66.9 Å². The van der Waals surface area contributed by atoms with Gasteiger partial charge in [0, 0.05) is 13.6 Å². The van der Waals surface area contributed by atoms with Gasteiger partial charge in [-0.25, -0.2) is 8.42 Å². The molecule has 2 aromatic carbocycles. The summed E-state index contributed by atoms with van der Waals surface area (Å²) >= 11 is 0. The number of benzene rings is 2. The van der Waals surface area contributed by atoms with Crippen molar-refractivity contribution in [1.82, 2.24) is 4.90 Å². The van der Waals surface area contributed by atoms with Crippen LogP contribution < -0.4 is 9.04 Å². The van der Waals surface area contributed by atoms with Crippen LogP contribution in [0.25, 0.3) is 0 Å². The molecule has 0 spiro atoms. The van der Waals surface area contributed by atoms with Gasteiger partial charge in [0.1, 0.15) is 5.75 Å². The Morgan fingerprint density at radius 2 is 1.92 bits per heavy atom. The van der Waals surface area contributed by atoms with Crippen LogP contribution in [0, 0.1) is 6.92 Å². The number of anilines is 1. The summed E-state index contributed by atoms with van der Waals surface area (Å²) < 4.78 is 31.6. The van der Waals surface area contributed by atoms with E-state index in [1.165, 1.54) is 4.31 Å². The largest absolute Gasteiger partial charge is 0.476 e. The van der Waals surface area contributed by atoms with Crippen LogP contribution in [-0.2, 0) is 21.4 Å². The van der Waals surface area contributed by atoms with Crippen LogP contribution in [0.1, 0.15) is 11.1 Å². The van der Waals surface area contributed by atoms with Gasteiger partial charge >= 0.3 is 0 Å². The summed E-state index contributed by atoms with van der Waals surface area (Å²) in [7, 11) is -1.84. The number of carbonyl (C=O) groups excluding carboxylic acids is 1. The predicted octanol–water partition coefficient (Wildman–Crippen LogP) is 2.18. The second-order valence-electron chi connectivity index (χ2n) is 6.55. The number of hydrogen-bond donors (Lipinski definition) is 0. The van der Waals surface area contributed by atoms with E-state index >= 15 is 0 Å². The van der Waals surface area contributed by atoms with Crippen molar-refractivity contribution in [3.8, 4) is 5.75 Å². The standard InChI is InChI=1S/C19H22N2O4S/c1-14-9-10-17-16(11-14)21(26(3,23)24)13-18(25-17)19(22)20(2)12-15-7-5-4-6-8-15/h4-11,18H,12-13H2,1-3H3/t18-/m0/s1. The van der Waals surface area contributed by atoms with E-state index in [1.807, 2.05) is 43.3 Å². The fraction of sp³-hybridized carbons (Fsp3) is 0.316. The molecule has 7 heteroatoms. The van der Waals surface area contributed by atoms with Gasteiger partial charge in [0.25, 0.3) is 5.91 Å². The van der Waals surface area contributed by atoms with E-state index in [0.29, 0.717) is 18.0 Å². The van der Waals surface area contributed by atoms with Gasteiger partial charge in [-0.2, -0.15) is 0 Å². The molecule has 1 aliphatic heterocycles. The van der Waals surface area contributed by atoms with E-state index in [4.69, 9.17) is 4.74 Å². The molecule has 0 fully saturated rings. The third kappa shape index (κ3) is 3.83. The van der Waals surface area contributed by atoms with Crippen molar-refractivity contribution < 1.29 is 17.9 Å². The van der Waals surface area contributed by atoms with Gasteiger partial charge < -0.3 is 9.64 Å². The van der Waals surface area contributed by atoms with Crippen LogP contribution in [0.2, 0.25) is 0 Å². The van der Waals surface area contributed by atoms with Crippen LogP contribution in [0.3, 0.4) is 0 Å². The number of amides is 1. The second-order valence-corrected chi connectivity index (χ2v) is 8.46. The molecule has 0 bridgehead atoms. The quantitative estimate of drug-likeness (QED) is 0.823. The molecule has 0 radical (unpaired) electrons. The number of aryl methyl sites for hydroxylation is 1. The van der Waals surface area contributed by atoms with Crippen molar-refractivity contribution in [3.63, 3.8) is 0 Å². The average molecular weight is 374 g/mol. The minimum Gasteiger partial charge on any atom is -0.476 e. The first-order valence-electron chi connectivity index (χ1n) is 8.29. The lowest BCUT2D eigenvalue weighted by Crippen LogP contribution is -2.50. The summed E-state index contributed by atoms with van der Waals surface area (Å²) in [5.41, 5.74) is 2.39. The fourth-order valence-corrected chi connectivity index (χ4v) is 3.89. The smallest absolute Gasteiger partial charge is 0.265 e. The SMILES string of the molecule is Cc1ccc2c(c1)N(S(C)(=O)=O)C[C@@H](C(=O)N(C)Cc1ccccc1)O2. The lowest BCUT2D eigenvalue weighted by atomic mass is 10.1. The third-order valence-corrected chi connectivity index (χ3v) is 5.44. The number of likely N-dealkylation sites (N-methyl/N-ethyl adjacent to an activating group) is 1. The molecule has 138 valence electrons. The highest BCUT2D eigenvalue weighted by Crippen LogP contribution is 2.36. The molecule has 1 amide bonds. The number of sulfonamides is 1. The highest BCUT2D eigenvalue weighted by molar-refractivity contribution is 7.92. The fourth-order valence-electron chi connectivity index (χ4n) is 2.99. The Balaban J connectivity index is 1.85. The van der Waals surface area contributed by atoms with Gasteiger partial charge in [-0.3, -0.25) is 9.10 Å². The molecular weight excluding hydrogens is 352 g/mol. The van der Waals surface area contributed by atoms with Crippen molar-refractivity contribution in [3.05, 3.63) is 59.7 Å². The summed E-state index contributed by atoms with van der Waals surface area (Å²) in [5, 5.41) is 0. The Morgan fingerprint density at radius 3 is 2.58 bits per heavy atom. The van der Waals surface area contributed by atoms with Crippen LogP contribution in [-0.4, -0.2) is 45.2 Å². The molecular formula is C19H22N2O4S. The van der Waals surface area contributed by atoms with Gasteiger partial charge in [-0.1, -0.05) is 36.4 Å². The molecule has 1 atom stereocenters. The van der Waals surface area contributed by atoms with Crippen LogP contribution in [0.4, 0.5) is 5.69 Å². The maximum Gasteiger partial charge on any atom is 0.265 e. The van der Waals surface area contributed by atoms with E-state index < -0.39 is 16.1 Å².